The van der Waals surface area contributed by atoms with E-state index in [4.69, 9.17) is 4.74 Å². The molecule has 1 aromatic carbocycles. The van der Waals surface area contributed by atoms with Gasteiger partial charge in [0.25, 0.3) is 0 Å². The van der Waals surface area contributed by atoms with Crippen molar-refractivity contribution in [3.05, 3.63) is 82.6 Å². The van der Waals surface area contributed by atoms with E-state index in [0.717, 1.165) is 24.3 Å². The first-order valence-electron chi connectivity index (χ1n) is 12.3. The number of aryl methyl sites for hydroxylation is 1. The zero-order chi connectivity index (χ0) is 28.4. The van der Waals surface area contributed by atoms with E-state index in [0.29, 0.717) is 43.0 Å². The second-order valence-electron chi connectivity index (χ2n) is 9.67. The smallest absolute Gasteiger partial charge is 0.433 e. The fourth-order valence-electron chi connectivity index (χ4n) is 4.53. The minimum absolute atomic E-state index is 0.172. The number of carbonyl (C=O) groups excluding carboxylic acids is 1. The SMILES string of the molecule is Cc1ncc(C(C)(O)COc2cccc(C(F)(F)F)n2)c(C2CCN(C(=O)Cc3c(F)cccc3F)CC2)n1. The molecule has 39 heavy (non-hydrogen) atoms. The van der Waals surface area contributed by atoms with Crippen molar-refractivity contribution in [1.29, 1.82) is 0 Å². The summed E-state index contributed by atoms with van der Waals surface area (Å²) in [5.41, 5.74) is -2.17. The Balaban J connectivity index is 1.45. The van der Waals surface area contributed by atoms with Gasteiger partial charge in [0.15, 0.2) is 0 Å². The standard InChI is InChI=1S/C27H27F5N4O3/c1-16-33-14-19(26(2,38)15-39-23-8-4-7-22(35-23)27(30,31)32)25(34-16)17-9-11-36(12-10-17)24(37)13-18-20(28)5-3-6-21(18)29/h3-8,14,17,38H,9-13,15H2,1-2H3. The minimum atomic E-state index is -4.64. The van der Waals surface area contributed by atoms with Gasteiger partial charge in [-0.05, 0) is 44.9 Å². The van der Waals surface area contributed by atoms with E-state index in [9.17, 15) is 31.9 Å². The van der Waals surface area contributed by atoms with E-state index in [1.165, 1.54) is 30.2 Å². The maximum absolute atomic E-state index is 14.0. The second-order valence-corrected chi connectivity index (χ2v) is 9.67. The van der Waals surface area contributed by atoms with Crippen LogP contribution in [0.2, 0.25) is 0 Å². The van der Waals surface area contributed by atoms with E-state index in [1.807, 2.05) is 0 Å². The molecule has 0 spiro atoms. The zero-order valence-corrected chi connectivity index (χ0v) is 21.3. The lowest BCUT2D eigenvalue weighted by Gasteiger charge is -2.34. The lowest BCUT2D eigenvalue weighted by atomic mass is 9.85. The van der Waals surface area contributed by atoms with Crippen LogP contribution in [0.5, 0.6) is 5.88 Å². The Morgan fingerprint density at radius 1 is 1.08 bits per heavy atom. The summed E-state index contributed by atoms with van der Waals surface area (Å²) in [6.45, 7) is 3.35. The van der Waals surface area contributed by atoms with Crippen LogP contribution in [0.4, 0.5) is 22.0 Å². The number of pyridine rings is 1. The monoisotopic (exact) mass is 550 g/mol. The molecule has 1 aliphatic heterocycles. The Morgan fingerprint density at radius 3 is 2.36 bits per heavy atom. The van der Waals surface area contributed by atoms with E-state index >= 15 is 0 Å². The Bertz CT molecular complexity index is 1320. The van der Waals surface area contributed by atoms with Crippen molar-refractivity contribution in [3.63, 3.8) is 0 Å². The van der Waals surface area contributed by atoms with Crippen LogP contribution in [-0.4, -0.2) is 50.6 Å². The summed E-state index contributed by atoms with van der Waals surface area (Å²) in [4.78, 5) is 26.4. The highest BCUT2D eigenvalue weighted by atomic mass is 19.4. The third-order valence-corrected chi connectivity index (χ3v) is 6.66. The molecule has 12 heteroatoms. The molecule has 0 bridgehead atoms. The third-order valence-electron chi connectivity index (χ3n) is 6.66. The van der Waals surface area contributed by atoms with Crippen LogP contribution >= 0.6 is 0 Å². The van der Waals surface area contributed by atoms with E-state index < -0.39 is 48.0 Å². The van der Waals surface area contributed by atoms with Gasteiger partial charge < -0.3 is 14.7 Å². The molecule has 1 saturated heterocycles. The van der Waals surface area contributed by atoms with Gasteiger partial charge in [-0.15, -0.1) is 0 Å². The number of ether oxygens (including phenoxy) is 1. The zero-order valence-electron chi connectivity index (χ0n) is 21.3. The molecule has 208 valence electrons. The summed E-state index contributed by atoms with van der Waals surface area (Å²) in [6, 6.07) is 6.70. The molecular formula is C27H27F5N4O3. The lowest BCUT2D eigenvalue weighted by Crippen LogP contribution is -2.40. The number of rotatable bonds is 7. The van der Waals surface area contributed by atoms with Crippen molar-refractivity contribution in [3.8, 4) is 5.88 Å². The van der Waals surface area contributed by atoms with Crippen molar-refractivity contribution < 1.29 is 36.6 Å². The summed E-state index contributed by atoms with van der Waals surface area (Å²) in [5.74, 6) is -1.95. The second kappa shape index (κ2) is 11.2. The van der Waals surface area contributed by atoms with Crippen molar-refractivity contribution in [2.24, 2.45) is 0 Å². The molecule has 4 rings (SSSR count). The Kier molecular flexibility index (Phi) is 8.15. The molecule has 0 saturated carbocycles. The summed E-state index contributed by atoms with van der Waals surface area (Å²) in [5, 5.41) is 11.2. The van der Waals surface area contributed by atoms with Gasteiger partial charge in [-0.3, -0.25) is 4.79 Å². The van der Waals surface area contributed by atoms with Crippen LogP contribution in [0.1, 0.15) is 54.0 Å². The molecule has 1 amide bonds. The average Bonchev–Trinajstić information content (AvgIpc) is 2.89. The van der Waals surface area contributed by atoms with E-state index in [1.54, 1.807) is 6.92 Å². The molecule has 1 fully saturated rings. The molecule has 3 heterocycles. The maximum Gasteiger partial charge on any atom is 0.433 e. The van der Waals surface area contributed by atoms with E-state index in [2.05, 4.69) is 15.0 Å². The van der Waals surface area contributed by atoms with Gasteiger partial charge in [-0.2, -0.15) is 13.2 Å². The number of likely N-dealkylation sites (tertiary alicyclic amines) is 1. The van der Waals surface area contributed by atoms with Gasteiger partial charge in [0.1, 0.15) is 35.4 Å². The van der Waals surface area contributed by atoms with Gasteiger partial charge in [-0.25, -0.2) is 23.7 Å². The molecular weight excluding hydrogens is 523 g/mol. The van der Waals surface area contributed by atoms with Crippen LogP contribution < -0.4 is 4.74 Å². The quantitative estimate of drug-likeness (QED) is 0.429. The summed E-state index contributed by atoms with van der Waals surface area (Å²) < 4.78 is 72.4. The summed E-state index contributed by atoms with van der Waals surface area (Å²) >= 11 is 0. The highest BCUT2D eigenvalue weighted by Crippen LogP contribution is 2.35. The number of piperidine rings is 1. The van der Waals surface area contributed by atoms with Gasteiger partial charge in [0.05, 0.1) is 12.1 Å². The largest absolute Gasteiger partial charge is 0.474 e. The Morgan fingerprint density at radius 2 is 1.72 bits per heavy atom. The molecule has 3 aromatic rings. The first kappa shape index (κ1) is 28.3. The van der Waals surface area contributed by atoms with Gasteiger partial charge in [0.2, 0.25) is 11.8 Å². The normalized spacial score (nSPS) is 16.2. The minimum Gasteiger partial charge on any atom is -0.474 e. The first-order valence-corrected chi connectivity index (χ1v) is 12.3. The maximum atomic E-state index is 14.0. The van der Waals surface area contributed by atoms with Gasteiger partial charge in [0, 0.05) is 42.4 Å². The number of hydrogen-bond donors (Lipinski definition) is 1. The number of aromatic nitrogens is 3. The predicted molar refractivity (Wildman–Crippen MR) is 130 cm³/mol. The van der Waals surface area contributed by atoms with Crippen molar-refractivity contribution in [1.82, 2.24) is 19.9 Å². The first-order chi connectivity index (χ1) is 18.3. The molecule has 1 atom stereocenters. The van der Waals surface area contributed by atoms with Crippen LogP contribution in [0.25, 0.3) is 0 Å². The number of hydrogen-bond acceptors (Lipinski definition) is 6. The number of aliphatic hydroxyl groups is 1. The third kappa shape index (κ3) is 6.67. The molecule has 7 nitrogen and oxygen atoms in total. The summed E-state index contributed by atoms with van der Waals surface area (Å²) in [6.07, 6.45) is -2.63. The fraction of sp³-hybridized carbons (Fsp3) is 0.407. The Labute approximate surface area is 221 Å². The molecule has 1 N–H and O–H groups in total. The van der Waals surface area contributed by atoms with Crippen LogP contribution in [-0.2, 0) is 23.0 Å². The summed E-state index contributed by atoms with van der Waals surface area (Å²) in [7, 11) is 0. The number of carbonyl (C=O) groups is 1. The van der Waals surface area contributed by atoms with Crippen molar-refractivity contribution in [2.45, 2.75) is 50.8 Å². The van der Waals surface area contributed by atoms with Crippen LogP contribution in [0.15, 0.2) is 42.6 Å². The number of nitrogens with zero attached hydrogens (tertiary/aromatic N) is 4. The number of benzene rings is 1. The van der Waals surface area contributed by atoms with E-state index in [-0.39, 0.29) is 17.4 Å². The Hall–Kier alpha value is -3.67. The topological polar surface area (TPSA) is 88.4 Å². The predicted octanol–water partition coefficient (Wildman–Crippen LogP) is 4.71. The molecule has 1 aliphatic rings. The van der Waals surface area contributed by atoms with Crippen molar-refractivity contribution >= 4 is 5.91 Å². The molecule has 0 radical (unpaired) electrons. The molecule has 2 aromatic heterocycles. The fourth-order valence-corrected chi connectivity index (χ4v) is 4.53. The highest BCUT2D eigenvalue weighted by molar-refractivity contribution is 5.79. The molecule has 0 aliphatic carbocycles. The number of alkyl halides is 3. The lowest BCUT2D eigenvalue weighted by molar-refractivity contribution is -0.141. The van der Waals surface area contributed by atoms with Crippen LogP contribution in [0, 0.1) is 18.6 Å². The average molecular weight is 551 g/mol. The molecule has 1 unspecified atom stereocenters. The van der Waals surface area contributed by atoms with Gasteiger partial charge in [-0.1, -0.05) is 12.1 Å². The van der Waals surface area contributed by atoms with Gasteiger partial charge >= 0.3 is 6.18 Å². The van der Waals surface area contributed by atoms with Crippen molar-refractivity contribution in [2.75, 3.05) is 19.7 Å². The number of halogens is 5. The highest BCUT2D eigenvalue weighted by Gasteiger charge is 2.35. The van der Waals surface area contributed by atoms with Crippen LogP contribution in [0.3, 0.4) is 0 Å². The number of amides is 1.